The lowest BCUT2D eigenvalue weighted by atomic mass is 10.2. The van der Waals surface area contributed by atoms with Crippen molar-refractivity contribution in [1.29, 1.82) is 5.26 Å². The summed E-state index contributed by atoms with van der Waals surface area (Å²) in [6.45, 7) is 0.622. The second kappa shape index (κ2) is 6.44. The molecule has 1 saturated carbocycles. The van der Waals surface area contributed by atoms with E-state index < -0.39 is 0 Å². The van der Waals surface area contributed by atoms with Crippen LogP contribution in [0, 0.1) is 11.3 Å². The van der Waals surface area contributed by atoms with Crippen LogP contribution in [0.1, 0.15) is 31.2 Å². The van der Waals surface area contributed by atoms with Crippen molar-refractivity contribution in [3.8, 4) is 6.07 Å². The Bertz CT molecular complexity index is 506. The Labute approximate surface area is 117 Å². The molecule has 100 valence electrons. The molecule has 5 heteroatoms. The van der Waals surface area contributed by atoms with E-state index in [9.17, 15) is 4.79 Å². The molecule has 0 heterocycles. The summed E-state index contributed by atoms with van der Waals surface area (Å²) in [5, 5.41) is 15.6. The van der Waals surface area contributed by atoms with Gasteiger partial charge in [0.05, 0.1) is 16.3 Å². The SMILES string of the molecule is N#Cc1cccc(Cl)c1NCCCC(=O)NC1CC1. The highest BCUT2D eigenvalue weighted by Gasteiger charge is 2.22. The van der Waals surface area contributed by atoms with Crippen LogP contribution in [0.4, 0.5) is 5.69 Å². The average Bonchev–Trinajstić information content (AvgIpc) is 3.19. The molecule has 0 saturated heterocycles. The molecule has 1 aliphatic carbocycles. The zero-order valence-corrected chi connectivity index (χ0v) is 11.3. The van der Waals surface area contributed by atoms with Crippen LogP contribution >= 0.6 is 11.6 Å². The zero-order chi connectivity index (χ0) is 13.7. The fourth-order valence-electron chi connectivity index (χ4n) is 1.79. The molecule has 4 nitrogen and oxygen atoms in total. The van der Waals surface area contributed by atoms with Gasteiger partial charge < -0.3 is 10.6 Å². The Hall–Kier alpha value is -1.73. The van der Waals surface area contributed by atoms with Crippen LogP contribution in [0.3, 0.4) is 0 Å². The molecule has 1 aromatic carbocycles. The Balaban J connectivity index is 1.76. The number of anilines is 1. The molecule has 0 aromatic heterocycles. The first kappa shape index (κ1) is 13.7. The van der Waals surface area contributed by atoms with Gasteiger partial charge in [0.15, 0.2) is 0 Å². The van der Waals surface area contributed by atoms with Gasteiger partial charge in [0.1, 0.15) is 6.07 Å². The number of para-hydroxylation sites is 1. The summed E-state index contributed by atoms with van der Waals surface area (Å²) < 4.78 is 0. The minimum atomic E-state index is 0.101. The van der Waals surface area contributed by atoms with Crippen LogP contribution in [-0.2, 0) is 4.79 Å². The van der Waals surface area contributed by atoms with Crippen LogP contribution in [0.5, 0.6) is 0 Å². The van der Waals surface area contributed by atoms with Crippen LogP contribution in [0.15, 0.2) is 18.2 Å². The molecule has 19 heavy (non-hydrogen) atoms. The molecule has 1 amide bonds. The molecule has 0 unspecified atom stereocenters. The Morgan fingerprint density at radius 3 is 2.95 bits per heavy atom. The highest BCUT2D eigenvalue weighted by atomic mass is 35.5. The van der Waals surface area contributed by atoms with Crippen molar-refractivity contribution >= 4 is 23.2 Å². The van der Waals surface area contributed by atoms with E-state index in [4.69, 9.17) is 16.9 Å². The second-order valence-corrected chi connectivity index (χ2v) is 5.05. The molecule has 2 rings (SSSR count). The smallest absolute Gasteiger partial charge is 0.220 e. The summed E-state index contributed by atoms with van der Waals surface area (Å²) in [4.78, 5) is 11.5. The third kappa shape index (κ3) is 4.15. The van der Waals surface area contributed by atoms with Gasteiger partial charge in [-0.25, -0.2) is 0 Å². The van der Waals surface area contributed by atoms with E-state index in [1.54, 1.807) is 18.2 Å². The van der Waals surface area contributed by atoms with Crippen molar-refractivity contribution < 1.29 is 4.79 Å². The molecule has 1 aromatic rings. The summed E-state index contributed by atoms with van der Waals surface area (Å²) >= 11 is 6.03. The van der Waals surface area contributed by atoms with E-state index in [1.807, 2.05) is 0 Å². The lowest BCUT2D eigenvalue weighted by Crippen LogP contribution is -2.25. The highest BCUT2D eigenvalue weighted by molar-refractivity contribution is 6.33. The van der Waals surface area contributed by atoms with E-state index in [2.05, 4.69) is 16.7 Å². The molecular formula is C14H16ClN3O. The molecular weight excluding hydrogens is 262 g/mol. The van der Waals surface area contributed by atoms with Gasteiger partial charge in [-0.3, -0.25) is 4.79 Å². The Morgan fingerprint density at radius 1 is 1.47 bits per heavy atom. The molecule has 0 bridgehead atoms. The van der Waals surface area contributed by atoms with E-state index >= 15 is 0 Å². The number of nitrogens with zero attached hydrogens (tertiary/aromatic N) is 1. The topological polar surface area (TPSA) is 64.9 Å². The maximum absolute atomic E-state index is 11.5. The molecule has 0 radical (unpaired) electrons. The Kier molecular flexibility index (Phi) is 4.64. The van der Waals surface area contributed by atoms with E-state index in [-0.39, 0.29) is 5.91 Å². The summed E-state index contributed by atoms with van der Waals surface area (Å²) in [6.07, 6.45) is 3.43. The number of hydrogen-bond acceptors (Lipinski definition) is 3. The molecule has 2 N–H and O–H groups in total. The summed E-state index contributed by atoms with van der Waals surface area (Å²) in [5.41, 5.74) is 1.17. The van der Waals surface area contributed by atoms with Crippen LogP contribution in [0.2, 0.25) is 5.02 Å². The normalized spacial score (nSPS) is 13.7. The predicted octanol–water partition coefficient (Wildman–Crippen LogP) is 2.68. The number of rotatable bonds is 6. The first-order chi connectivity index (χ1) is 9.20. The number of benzene rings is 1. The monoisotopic (exact) mass is 277 g/mol. The molecule has 0 atom stereocenters. The number of hydrogen-bond donors (Lipinski definition) is 2. The fraction of sp³-hybridized carbons (Fsp3) is 0.429. The minimum absolute atomic E-state index is 0.101. The standard InChI is InChI=1S/C14H16ClN3O/c15-12-4-1-3-10(9-16)14(12)17-8-2-5-13(19)18-11-6-7-11/h1,3-4,11,17H,2,5-8H2,(H,18,19). The third-order valence-corrected chi connectivity index (χ3v) is 3.27. The third-order valence-electron chi connectivity index (χ3n) is 2.96. The van der Waals surface area contributed by atoms with Crippen LogP contribution in [0.25, 0.3) is 0 Å². The zero-order valence-electron chi connectivity index (χ0n) is 10.6. The summed E-state index contributed by atoms with van der Waals surface area (Å²) in [6, 6.07) is 7.71. The largest absolute Gasteiger partial charge is 0.383 e. The van der Waals surface area contributed by atoms with Crippen molar-refractivity contribution in [3.63, 3.8) is 0 Å². The Morgan fingerprint density at radius 2 is 2.26 bits per heavy atom. The van der Waals surface area contributed by atoms with Crippen LogP contribution in [-0.4, -0.2) is 18.5 Å². The van der Waals surface area contributed by atoms with Gasteiger partial charge in [-0.1, -0.05) is 17.7 Å². The van der Waals surface area contributed by atoms with Crippen molar-refractivity contribution in [2.24, 2.45) is 0 Å². The fourth-order valence-corrected chi connectivity index (χ4v) is 2.03. The molecule has 1 aliphatic rings. The number of halogens is 1. The minimum Gasteiger partial charge on any atom is -0.383 e. The van der Waals surface area contributed by atoms with Gasteiger partial charge >= 0.3 is 0 Å². The molecule has 1 fully saturated rings. The van der Waals surface area contributed by atoms with E-state index in [1.165, 1.54) is 0 Å². The summed E-state index contributed by atoms with van der Waals surface area (Å²) in [7, 11) is 0. The van der Waals surface area contributed by atoms with Crippen LogP contribution < -0.4 is 10.6 Å². The first-order valence-corrected chi connectivity index (χ1v) is 6.80. The maximum atomic E-state index is 11.5. The van der Waals surface area contributed by atoms with Crippen molar-refractivity contribution in [3.05, 3.63) is 28.8 Å². The number of carbonyl (C=O) groups is 1. The number of carbonyl (C=O) groups excluding carboxylic acids is 1. The average molecular weight is 278 g/mol. The van der Waals surface area contributed by atoms with Crippen molar-refractivity contribution in [1.82, 2.24) is 5.32 Å². The molecule has 0 spiro atoms. The van der Waals surface area contributed by atoms with Gasteiger partial charge in [-0.2, -0.15) is 5.26 Å². The molecule has 0 aliphatic heterocycles. The van der Waals surface area contributed by atoms with Crippen molar-refractivity contribution in [2.45, 2.75) is 31.7 Å². The quantitative estimate of drug-likeness (QED) is 0.786. The van der Waals surface area contributed by atoms with Gasteiger partial charge in [-0.05, 0) is 31.4 Å². The number of nitrogens with one attached hydrogen (secondary N) is 2. The van der Waals surface area contributed by atoms with Crippen molar-refractivity contribution in [2.75, 3.05) is 11.9 Å². The number of amides is 1. The first-order valence-electron chi connectivity index (χ1n) is 6.42. The van der Waals surface area contributed by atoms with Gasteiger partial charge in [0.25, 0.3) is 0 Å². The van der Waals surface area contributed by atoms with Gasteiger partial charge in [0, 0.05) is 19.0 Å². The summed E-state index contributed by atoms with van der Waals surface area (Å²) in [5.74, 6) is 0.101. The second-order valence-electron chi connectivity index (χ2n) is 4.65. The van der Waals surface area contributed by atoms with Gasteiger partial charge in [-0.15, -0.1) is 0 Å². The highest BCUT2D eigenvalue weighted by Crippen LogP contribution is 2.25. The van der Waals surface area contributed by atoms with E-state index in [0.29, 0.717) is 41.7 Å². The van der Waals surface area contributed by atoms with Gasteiger partial charge in [0.2, 0.25) is 5.91 Å². The lowest BCUT2D eigenvalue weighted by Gasteiger charge is -2.10. The predicted molar refractivity (Wildman–Crippen MR) is 75.1 cm³/mol. The lowest BCUT2D eigenvalue weighted by molar-refractivity contribution is -0.121. The number of nitriles is 1. The maximum Gasteiger partial charge on any atom is 0.220 e. The van der Waals surface area contributed by atoms with E-state index in [0.717, 1.165) is 12.8 Å².